The van der Waals surface area contributed by atoms with Gasteiger partial charge in [-0.2, -0.15) is 23.4 Å². The highest BCUT2D eigenvalue weighted by Crippen LogP contribution is 2.36. The molecule has 4 aromatic rings. The molecule has 10 heteroatoms. The molecule has 146 valence electrons. The third-order valence-corrected chi connectivity index (χ3v) is 4.21. The van der Waals surface area contributed by atoms with Gasteiger partial charge in [0.15, 0.2) is 11.5 Å². The van der Waals surface area contributed by atoms with Crippen LogP contribution < -0.4 is 5.32 Å². The Morgan fingerprint density at radius 1 is 1.10 bits per heavy atom. The average molecular weight is 398 g/mol. The van der Waals surface area contributed by atoms with Crippen molar-refractivity contribution in [2.45, 2.75) is 13.1 Å². The molecule has 1 N–H and O–H groups in total. The first-order valence-electron chi connectivity index (χ1n) is 8.46. The smallest absolute Gasteiger partial charge is 0.305 e. The number of hydrogen-bond acceptors (Lipinski definition) is 5. The zero-order chi connectivity index (χ0) is 20.6. The minimum Gasteiger partial charge on any atom is -0.305 e. The molecule has 0 spiro atoms. The number of nitrogens with zero attached hydrogens (tertiary/aromatic N) is 5. The molecule has 0 fully saturated rings. The molecule has 0 unspecified atom stereocenters. The molecule has 0 aliphatic rings. The Labute approximate surface area is 162 Å². The van der Waals surface area contributed by atoms with Gasteiger partial charge in [-0.25, -0.2) is 9.50 Å². The van der Waals surface area contributed by atoms with Crippen LogP contribution in [-0.4, -0.2) is 30.7 Å². The Morgan fingerprint density at radius 3 is 2.62 bits per heavy atom. The van der Waals surface area contributed by atoms with Gasteiger partial charge in [0.25, 0.3) is 5.91 Å². The average Bonchev–Trinajstić information content (AvgIpc) is 3.03. The lowest BCUT2D eigenvalue weighted by Gasteiger charge is -2.12. The molecule has 0 aliphatic heterocycles. The van der Waals surface area contributed by atoms with Crippen LogP contribution in [0.3, 0.4) is 0 Å². The summed E-state index contributed by atoms with van der Waals surface area (Å²) < 4.78 is 41.5. The quantitative estimate of drug-likeness (QED) is 0.568. The number of nitrogens with one attached hydrogen (secondary N) is 1. The molecule has 7 nitrogen and oxygen atoms in total. The van der Waals surface area contributed by atoms with E-state index in [9.17, 15) is 18.0 Å². The molecule has 3 aromatic heterocycles. The van der Waals surface area contributed by atoms with Gasteiger partial charge in [0.2, 0.25) is 0 Å². The number of fused-ring (bicyclic) bond motifs is 1. The number of amides is 1. The molecule has 4 rings (SSSR count). The lowest BCUT2D eigenvalue weighted by molar-refractivity contribution is -0.137. The van der Waals surface area contributed by atoms with Gasteiger partial charge < -0.3 is 5.32 Å². The zero-order valence-electron chi connectivity index (χ0n) is 15.0. The number of aryl methyl sites for hydroxylation is 1. The molecule has 0 bridgehead atoms. The lowest BCUT2D eigenvalue weighted by atomic mass is 10.0. The van der Waals surface area contributed by atoms with Gasteiger partial charge in [0.1, 0.15) is 5.56 Å². The first-order valence-corrected chi connectivity index (χ1v) is 8.46. The van der Waals surface area contributed by atoms with Crippen molar-refractivity contribution in [3.8, 4) is 11.3 Å². The van der Waals surface area contributed by atoms with E-state index in [0.717, 1.165) is 6.07 Å². The molecule has 0 atom stereocenters. The summed E-state index contributed by atoms with van der Waals surface area (Å²) in [7, 11) is 0. The molecule has 0 saturated heterocycles. The van der Waals surface area contributed by atoms with E-state index in [2.05, 4.69) is 25.6 Å². The van der Waals surface area contributed by atoms with Crippen LogP contribution in [-0.2, 0) is 6.18 Å². The molecule has 3 heterocycles. The highest BCUT2D eigenvalue weighted by molar-refractivity contribution is 6.08. The Kier molecular flexibility index (Phi) is 4.45. The Bertz CT molecular complexity index is 1200. The maximum atomic E-state index is 13.4. The highest BCUT2D eigenvalue weighted by Gasteiger charge is 2.33. The topological polar surface area (TPSA) is 85.1 Å². The van der Waals surface area contributed by atoms with Gasteiger partial charge in [0.05, 0.1) is 17.0 Å². The SMILES string of the molecule is Cc1nn2ccc(-c3ccccc3C(F)(F)F)nc2c1C(=O)Nc1cccnn1. The number of halogens is 3. The third kappa shape index (κ3) is 3.51. The first-order chi connectivity index (χ1) is 13.8. The maximum absolute atomic E-state index is 13.4. The molecular weight excluding hydrogens is 385 g/mol. The number of alkyl halides is 3. The predicted octanol–water partition coefficient (Wildman–Crippen LogP) is 3.77. The standard InChI is InChI=1S/C19H13F3N6O/c1-11-16(18(29)25-15-7-4-9-23-26-15)17-24-14(8-10-28(17)27-11)12-5-2-3-6-13(12)19(20,21)22/h2-10H,1H3,(H,25,26,29). The fraction of sp³-hybridized carbons (Fsp3) is 0.105. The molecule has 0 saturated carbocycles. The van der Waals surface area contributed by atoms with Gasteiger partial charge in [-0.1, -0.05) is 18.2 Å². The molecule has 29 heavy (non-hydrogen) atoms. The van der Waals surface area contributed by atoms with E-state index in [0.29, 0.717) is 5.69 Å². The van der Waals surface area contributed by atoms with Crippen molar-refractivity contribution >= 4 is 17.4 Å². The van der Waals surface area contributed by atoms with Crippen LogP contribution in [0.25, 0.3) is 16.9 Å². The van der Waals surface area contributed by atoms with Crippen LogP contribution in [0, 0.1) is 6.92 Å². The molecule has 1 aromatic carbocycles. The van der Waals surface area contributed by atoms with E-state index in [4.69, 9.17) is 0 Å². The summed E-state index contributed by atoms with van der Waals surface area (Å²) in [5.74, 6) is -0.304. The minimum atomic E-state index is -4.53. The molecule has 0 aliphatic carbocycles. The Hall–Kier alpha value is -3.82. The van der Waals surface area contributed by atoms with Crippen LogP contribution in [0.1, 0.15) is 21.6 Å². The fourth-order valence-corrected chi connectivity index (χ4v) is 2.96. The molecule has 1 amide bonds. The monoisotopic (exact) mass is 398 g/mol. The Morgan fingerprint density at radius 2 is 1.90 bits per heavy atom. The number of rotatable bonds is 3. The number of anilines is 1. The summed E-state index contributed by atoms with van der Waals surface area (Å²) in [6.45, 7) is 1.61. The number of hydrogen-bond donors (Lipinski definition) is 1. The lowest BCUT2D eigenvalue weighted by Crippen LogP contribution is -2.14. The maximum Gasteiger partial charge on any atom is 0.417 e. The second kappa shape index (κ2) is 6.97. The normalized spacial score (nSPS) is 11.6. The van der Waals surface area contributed by atoms with Crippen LogP contribution in [0.15, 0.2) is 54.9 Å². The summed E-state index contributed by atoms with van der Waals surface area (Å²) >= 11 is 0. The zero-order valence-corrected chi connectivity index (χ0v) is 15.0. The summed E-state index contributed by atoms with van der Waals surface area (Å²) in [5, 5.41) is 14.3. The molecular formula is C19H13F3N6O. The van der Waals surface area contributed by atoms with Crippen molar-refractivity contribution in [3.05, 3.63) is 71.7 Å². The van der Waals surface area contributed by atoms with Crippen LogP contribution in [0.4, 0.5) is 19.0 Å². The van der Waals surface area contributed by atoms with Gasteiger partial charge in [-0.15, -0.1) is 5.10 Å². The number of carbonyl (C=O) groups excluding carboxylic acids is 1. The van der Waals surface area contributed by atoms with Crippen molar-refractivity contribution < 1.29 is 18.0 Å². The van der Waals surface area contributed by atoms with E-state index < -0.39 is 17.6 Å². The van der Waals surface area contributed by atoms with Gasteiger partial charge >= 0.3 is 6.18 Å². The summed E-state index contributed by atoms with van der Waals surface area (Å²) in [4.78, 5) is 17.0. The second-order valence-electron chi connectivity index (χ2n) is 6.15. The van der Waals surface area contributed by atoms with Crippen LogP contribution in [0.2, 0.25) is 0 Å². The summed E-state index contributed by atoms with van der Waals surface area (Å²) in [6.07, 6.45) is -1.61. The van der Waals surface area contributed by atoms with E-state index in [1.54, 1.807) is 19.1 Å². The number of benzene rings is 1. The van der Waals surface area contributed by atoms with E-state index in [1.165, 1.54) is 41.2 Å². The van der Waals surface area contributed by atoms with Crippen LogP contribution in [0.5, 0.6) is 0 Å². The van der Waals surface area contributed by atoms with Crippen molar-refractivity contribution in [3.63, 3.8) is 0 Å². The first kappa shape index (κ1) is 18.5. The number of carbonyl (C=O) groups is 1. The Balaban J connectivity index is 1.81. The minimum absolute atomic E-state index is 0.0818. The fourth-order valence-electron chi connectivity index (χ4n) is 2.96. The summed E-state index contributed by atoms with van der Waals surface area (Å²) in [6, 6.07) is 9.73. The van der Waals surface area contributed by atoms with Gasteiger partial charge in [-0.05, 0) is 31.2 Å². The molecule has 0 radical (unpaired) electrons. The van der Waals surface area contributed by atoms with Crippen molar-refractivity contribution in [2.24, 2.45) is 0 Å². The predicted molar refractivity (Wildman–Crippen MR) is 98.1 cm³/mol. The number of aromatic nitrogens is 5. The third-order valence-electron chi connectivity index (χ3n) is 4.21. The van der Waals surface area contributed by atoms with Crippen molar-refractivity contribution in [1.82, 2.24) is 24.8 Å². The highest BCUT2D eigenvalue weighted by atomic mass is 19.4. The van der Waals surface area contributed by atoms with Gasteiger partial charge in [-0.3, -0.25) is 4.79 Å². The van der Waals surface area contributed by atoms with Gasteiger partial charge in [0, 0.05) is 18.0 Å². The van der Waals surface area contributed by atoms with E-state index in [-0.39, 0.29) is 28.3 Å². The van der Waals surface area contributed by atoms with Crippen molar-refractivity contribution in [1.29, 1.82) is 0 Å². The van der Waals surface area contributed by atoms with E-state index >= 15 is 0 Å². The van der Waals surface area contributed by atoms with E-state index in [1.807, 2.05) is 0 Å². The van der Waals surface area contributed by atoms with Crippen LogP contribution >= 0.6 is 0 Å². The van der Waals surface area contributed by atoms with Crippen molar-refractivity contribution in [2.75, 3.05) is 5.32 Å². The largest absolute Gasteiger partial charge is 0.417 e. The summed E-state index contributed by atoms with van der Waals surface area (Å²) in [5.41, 5.74) is -0.153. The second-order valence-corrected chi connectivity index (χ2v) is 6.15.